The van der Waals surface area contributed by atoms with Crippen LogP contribution >= 0.6 is 0 Å². The van der Waals surface area contributed by atoms with Gasteiger partial charge in [-0.15, -0.1) is 0 Å². The third-order valence-corrected chi connectivity index (χ3v) is 4.35. The first-order chi connectivity index (χ1) is 11.1. The van der Waals surface area contributed by atoms with Crippen LogP contribution in [0.2, 0.25) is 0 Å². The molecule has 122 valence electrons. The molecular weight excluding hydrogens is 295 g/mol. The van der Waals surface area contributed by atoms with Crippen LogP contribution in [0.5, 0.6) is 0 Å². The molecule has 5 nitrogen and oxygen atoms in total. The van der Waals surface area contributed by atoms with Gasteiger partial charge in [0.05, 0.1) is 11.9 Å². The van der Waals surface area contributed by atoms with Crippen LogP contribution in [-0.4, -0.2) is 21.9 Å². The van der Waals surface area contributed by atoms with Gasteiger partial charge >= 0.3 is 6.03 Å². The van der Waals surface area contributed by atoms with Gasteiger partial charge in [-0.3, -0.25) is 4.68 Å². The SMILES string of the molecule is Cn1cc(NC(=O)N[C@@H]2CCC[C@@H]2Cc2ccc(F)cc2)cn1. The van der Waals surface area contributed by atoms with Crippen molar-refractivity contribution in [3.8, 4) is 0 Å². The minimum Gasteiger partial charge on any atom is -0.335 e. The zero-order chi connectivity index (χ0) is 16.2. The Bertz CT molecular complexity index is 667. The van der Waals surface area contributed by atoms with Gasteiger partial charge in [-0.1, -0.05) is 18.6 Å². The van der Waals surface area contributed by atoms with Crippen molar-refractivity contribution < 1.29 is 9.18 Å². The molecule has 0 aliphatic heterocycles. The average Bonchev–Trinajstić information content (AvgIpc) is 3.11. The number of benzene rings is 1. The van der Waals surface area contributed by atoms with E-state index in [2.05, 4.69) is 15.7 Å². The number of hydrogen-bond acceptors (Lipinski definition) is 2. The third kappa shape index (κ3) is 4.09. The van der Waals surface area contributed by atoms with E-state index in [1.54, 1.807) is 24.1 Å². The predicted molar refractivity (Wildman–Crippen MR) is 86.6 cm³/mol. The summed E-state index contributed by atoms with van der Waals surface area (Å²) >= 11 is 0. The zero-order valence-electron chi connectivity index (χ0n) is 13.1. The zero-order valence-corrected chi connectivity index (χ0v) is 13.1. The third-order valence-electron chi connectivity index (χ3n) is 4.35. The van der Waals surface area contributed by atoms with Crippen LogP contribution in [0, 0.1) is 11.7 Å². The fourth-order valence-electron chi connectivity index (χ4n) is 3.22. The highest BCUT2D eigenvalue weighted by molar-refractivity contribution is 5.89. The number of urea groups is 1. The molecule has 2 aromatic rings. The summed E-state index contributed by atoms with van der Waals surface area (Å²) in [6.45, 7) is 0. The van der Waals surface area contributed by atoms with E-state index < -0.39 is 0 Å². The normalized spacial score (nSPS) is 20.4. The largest absolute Gasteiger partial charge is 0.335 e. The lowest BCUT2D eigenvalue weighted by molar-refractivity contribution is 0.245. The maximum Gasteiger partial charge on any atom is 0.319 e. The molecule has 3 rings (SSSR count). The number of carbonyl (C=O) groups is 1. The van der Waals surface area contributed by atoms with Gasteiger partial charge in [0.2, 0.25) is 0 Å². The molecule has 2 amide bonds. The molecule has 1 saturated carbocycles. The molecule has 2 atom stereocenters. The average molecular weight is 316 g/mol. The maximum absolute atomic E-state index is 13.0. The molecule has 0 radical (unpaired) electrons. The number of aromatic nitrogens is 2. The Balaban J connectivity index is 1.56. The van der Waals surface area contributed by atoms with E-state index in [-0.39, 0.29) is 17.9 Å². The van der Waals surface area contributed by atoms with Gasteiger partial charge in [0.25, 0.3) is 0 Å². The van der Waals surface area contributed by atoms with E-state index in [1.807, 2.05) is 12.1 Å². The lowest BCUT2D eigenvalue weighted by atomic mass is 9.94. The lowest BCUT2D eigenvalue weighted by Gasteiger charge is -2.21. The molecule has 1 aromatic carbocycles. The molecule has 1 aromatic heterocycles. The Hall–Kier alpha value is -2.37. The molecule has 1 fully saturated rings. The van der Waals surface area contributed by atoms with Crippen LogP contribution in [0.25, 0.3) is 0 Å². The molecular formula is C17H21FN4O. The van der Waals surface area contributed by atoms with Gasteiger partial charge in [0, 0.05) is 19.3 Å². The molecule has 0 bridgehead atoms. The quantitative estimate of drug-likeness (QED) is 0.910. The van der Waals surface area contributed by atoms with Crippen LogP contribution in [0.1, 0.15) is 24.8 Å². The van der Waals surface area contributed by atoms with E-state index in [1.165, 1.54) is 12.1 Å². The summed E-state index contributed by atoms with van der Waals surface area (Å²) in [6, 6.07) is 6.57. The first kappa shape index (κ1) is 15.5. The number of carbonyl (C=O) groups excluding carboxylic acids is 1. The summed E-state index contributed by atoms with van der Waals surface area (Å²) in [5.41, 5.74) is 1.79. The molecule has 0 spiro atoms. The number of nitrogens with one attached hydrogen (secondary N) is 2. The van der Waals surface area contributed by atoms with E-state index in [9.17, 15) is 9.18 Å². The Labute approximate surface area is 134 Å². The fourth-order valence-corrected chi connectivity index (χ4v) is 3.22. The summed E-state index contributed by atoms with van der Waals surface area (Å²) in [7, 11) is 1.80. The Kier molecular flexibility index (Phi) is 4.60. The standard InChI is InChI=1S/C17H21FN4O/c1-22-11-15(10-19-22)20-17(23)21-16-4-2-3-13(16)9-12-5-7-14(18)8-6-12/h5-8,10-11,13,16H,2-4,9H2,1H3,(H2,20,21,23)/t13-,16-/m1/s1. The highest BCUT2D eigenvalue weighted by Gasteiger charge is 2.28. The molecule has 2 N–H and O–H groups in total. The van der Waals surface area contributed by atoms with Gasteiger partial charge in [0.1, 0.15) is 5.82 Å². The minimum atomic E-state index is -0.217. The highest BCUT2D eigenvalue weighted by Crippen LogP contribution is 2.29. The first-order valence-electron chi connectivity index (χ1n) is 7.91. The van der Waals surface area contributed by atoms with Crippen molar-refractivity contribution in [2.24, 2.45) is 13.0 Å². The molecule has 6 heteroatoms. The van der Waals surface area contributed by atoms with Gasteiger partial charge in [-0.05, 0) is 42.9 Å². The molecule has 0 saturated heterocycles. The number of rotatable bonds is 4. The second kappa shape index (κ2) is 6.81. The van der Waals surface area contributed by atoms with Crippen molar-refractivity contribution in [3.63, 3.8) is 0 Å². The fraction of sp³-hybridized carbons (Fsp3) is 0.412. The number of nitrogens with zero attached hydrogens (tertiary/aromatic N) is 2. The van der Waals surface area contributed by atoms with Crippen molar-refractivity contribution in [1.29, 1.82) is 0 Å². The maximum atomic E-state index is 13.0. The Morgan fingerprint density at radius 1 is 1.35 bits per heavy atom. The van der Waals surface area contributed by atoms with Crippen molar-refractivity contribution >= 4 is 11.7 Å². The number of hydrogen-bond donors (Lipinski definition) is 2. The molecule has 1 heterocycles. The van der Waals surface area contributed by atoms with Gasteiger partial charge in [-0.2, -0.15) is 5.10 Å². The van der Waals surface area contributed by atoms with E-state index in [4.69, 9.17) is 0 Å². The van der Waals surface area contributed by atoms with Crippen molar-refractivity contribution in [3.05, 3.63) is 48.0 Å². The molecule has 23 heavy (non-hydrogen) atoms. The van der Waals surface area contributed by atoms with Crippen molar-refractivity contribution in [2.45, 2.75) is 31.7 Å². The van der Waals surface area contributed by atoms with Crippen LogP contribution in [0.15, 0.2) is 36.7 Å². The summed E-state index contributed by atoms with van der Waals surface area (Å²) in [5, 5.41) is 9.88. The van der Waals surface area contributed by atoms with E-state index >= 15 is 0 Å². The number of halogens is 1. The lowest BCUT2D eigenvalue weighted by Crippen LogP contribution is -2.40. The number of aryl methyl sites for hydroxylation is 1. The molecule has 1 aliphatic carbocycles. The van der Waals surface area contributed by atoms with E-state index in [0.29, 0.717) is 11.6 Å². The summed E-state index contributed by atoms with van der Waals surface area (Å²) in [6.07, 6.45) is 7.39. The van der Waals surface area contributed by atoms with Crippen LogP contribution in [-0.2, 0) is 13.5 Å². The highest BCUT2D eigenvalue weighted by atomic mass is 19.1. The summed E-state index contributed by atoms with van der Waals surface area (Å²) < 4.78 is 14.6. The van der Waals surface area contributed by atoms with Crippen LogP contribution < -0.4 is 10.6 Å². The second-order valence-corrected chi connectivity index (χ2v) is 6.13. The Morgan fingerprint density at radius 3 is 2.83 bits per heavy atom. The summed E-state index contributed by atoms with van der Waals surface area (Å²) in [4.78, 5) is 12.1. The smallest absolute Gasteiger partial charge is 0.319 e. The minimum absolute atomic E-state index is 0.150. The van der Waals surface area contributed by atoms with Crippen molar-refractivity contribution in [1.82, 2.24) is 15.1 Å². The van der Waals surface area contributed by atoms with Gasteiger partial charge < -0.3 is 10.6 Å². The molecule has 1 aliphatic rings. The van der Waals surface area contributed by atoms with Crippen molar-refractivity contribution in [2.75, 3.05) is 5.32 Å². The topological polar surface area (TPSA) is 59.0 Å². The molecule has 0 unspecified atom stereocenters. The summed E-state index contributed by atoms with van der Waals surface area (Å²) in [5.74, 6) is 0.172. The van der Waals surface area contributed by atoms with Crippen LogP contribution in [0.3, 0.4) is 0 Å². The van der Waals surface area contributed by atoms with Gasteiger partial charge in [-0.25, -0.2) is 9.18 Å². The Morgan fingerprint density at radius 2 is 2.13 bits per heavy atom. The first-order valence-corrected chi connectivity index (χ1v) is 7.91. The monoisotopic (exact) mass is 316 g/mol. The number of anilines is 1. The van der Waals surface area contributed by atoms with Crippen LogP contribution in [0.4, 0.5) is 14.9 Å². The van der Waals surface area contributed by atoms with Gasteiger partial charge in [0.15, 0.2) is 0 Å². The number of amides is 2. The predicted octanol–water partition coefficient (Wildman–Crippen LogP) is 3.09. The second-order valence-electron chi connectivity index (χ2n) is 6.13. The van der Waals surface area contributed by atoms with E-state index in [0.717, 1.165) is 31.2 Å².